The van der Waals surface area contributed by atoms with E-state index in [1.807, 2.05) is 0 Å². The van der Waals surface area contributed by atoms with Crippen LogP contribution < -0.4 is 0 Å². The van der Waals surface area contributed by atoms with Crippen molar-refractivity contribution in [1.29, 1.82) is 0 Å². The fourth-order valence-electron chi connectivity index (χ4n) is 5.93. The molecule has 0 radical (unpaired) electrons. The number of carbonyl (C=O) groups is 1. The highest BCUT2D eigenvalue weighted by Crippen LogP contribution is 2.26. The molecule has 260 valence electrons. The minimum atomic E-state index is -1.60. The van der Waals surface area contributed by atoms with Crippen LogP contribution >= 0.6 is 0 Å². The zero-order chi connectivity index (χ0) is 32.8. The van der Waals surface area contributed by atoms with Gasteiger partial charge in [0.1, 0.15) is 0 Å². The normalized spacial score (nSPS) is 21.0. The molecule has 0 spiro atoms. The lowest BCUT2D eigenvalue weighted by Crippen LogP contribution is -2.31. The van der Waals surface area contributed by atoms with Gasteiger partial charge in [0.15, 0.2) is 0 Å². The second kappa shape index (κ2) is 24.2. The van der Waals surface area contributed by atoms with E-state index in [9.17, 15) is 40.5 Å². The number of rotatable bonds is 29. The van der Waals surface area contributed by atoms with Gasteiger partial charge in [-0.1, -0.05) is 103 Å². The van der Waals surface area contributed by atoms with Crippen LogP contribution in [0.2, 0.25) is 0 Å². The van der Waals surface area contributed by atoms with Crippen LogP contribution in [-0.4, -0.2) is 84.1 Å². The summed E-state index contributed by atoms with van der Waals surface area (Å²) in [5.74, 6) is -2.19. The van der Waals surface area contributed by atoms with Crippen LogP contribution in [0.25, 0.3) is 0 Å². The van der Waals surface area contributed by atoms with Gasteiger partial charge < -0.3 is 40.5 Å². The van der Waals surface area contributed by atoms with E-state index in [0.717, 1.165) is 44.9 Å². The van der Waals surface area contributed by atoms with Crippen molar-refractivity contribution in [3.05, 3.63) is 11.6 Å². The first-order valence-corrected chi connectivity index (χ1v) is 17.7. The van der Waals surface area contributed by atoms with Crippen LogP contribution in [0.3, 0.4) is 0 Å². The molecule has 0 aromatic rings. The molecule has 0 aromatic heterocycles. The molecule has 0 saturated heterocycles. The van der Waals surface area contributed by atoms with Crippen LogP contribution in [0.15, 0.2) is 11.6 Å². The van der Waals surface area contributed by atoms with Gasteiger partial charge in [-0.2, -0.15) is 0 Å². The number of ether oxygens (including phenoxy) is 1. The highest BCUT2D eigenvalue weighted by Gasteiger charge is 2.34. The highest BCUT2D eigenvalue weighted by molar-refractivity contribution is 5.91. The zero-order valence-corrected chi connectivity index (χ0v) is 27.8. The Kier molecular flexibility index (Phi) is 22.5. The van der Waals surface area contributed by atoms with Crippen LogP contribution in [0.1, 0.15) is 162 Å². The maximum Gasteiger partial charge on any atom is 0.336 e. The number of unbranched alkanes of at least 4 members (excludes halogenated alkanes) is 12. The molecule has 6 unspecified atom stereocenters. The number of hydrogen-bond donors (Lipinski definition) is 7. The predicted molar refractivity (Wildman–Crippen MR) is 173 cm³/mol. The van der Waals surface area contributed by atoms with Gasteiger partial charge in [0.05, 0.1) is 36.6 Å². The summed E-state index contributed by atoms with van der Waals surface area (Å²) in [6, 6.07) is 0. The van der Waals surface area contributed by atoms with Crippen molar-refractivity contribution in [2.75, 3.05) is 0 Å². The number of aliphatic hydroxyl groups excluding tert-OH is 6. The van der Waals surface area contributed by atoms with Crippen LogP contribution in [-0.2, 0) is 9.53 Å². The summed E-state index contributed by atoms with van der Waals surface area (Å²) < 4.78 is 4.79. The molecule has 1 aliphatic heterocycles. The molecule has 0 aromatic carbocycles. The third-order valence-electron chi connectivity index (χ3n) is 8.82. The molecule has 0 fully saturated rings. The highest BCUT2D eigenvalue weighted by atomic mass is 16.7. The van der Waals surface area contributed by atoms with Gasteiger partial charge >= 0.3 is 5.97 Å². The molecule has 0 bridgehead atoms. The van der Waals surface area contributed by atoms with E-state index in [2.05, 4.69) is 6.92 Å². The van der Waals surface area contributed by atoms with E-state index < -0.39 is 48.4 Å². The molecule has 1 rings (SSSR count). The second-order valence-electron chi connectivity index (χ2n) is 13.4. The third-order valence-corrected chi connectivity index (χ3v) is 8.82. The Labute approximate surface area is 266 Å². The summed E-state index contributed by atoms with van der Waals surface area (Å²) >= 11 is 0. The van der Waals surface area contributed by atoms with Crippen LogP contribution in [0.5, 0.6) is 0 Å². The minimum Gasteiger partial charge on any atom is -0.426 e. The Hall–Kier alpha value is -1.07. The molecule has 7 N–H and O–H groups in total. The molecule has 44 heavy (non-hydrogen) atoms. The van der Waals surface area contributed by atoms with Gasteiger partial charge in [0, 0.05) is 18.9 Å². The van der Waals surface area contributed by atoms with Gasteiger partial charge in [0.2, 0.25) is 5.79 Å². The fraction of sp³-hybridized carbons (Fsp3) is 0.914. The van der Waals surface area contributed by atoms with Crippen molar-refractivity contribution in [3.63, 3.8) is 0 Å². The van der Waals surface area contributed by atoms with E-state index in [1.54, 1.807) is 0 Å². The van der Waals surface area contributed by atoms with Crippen molar-refractivity contribution in [2.45, 2.75) is 204 Å². The quantitative estimate of drug-likeness (QED) is 0.0426. The van der Waals surface area contributed by atoms with Crippen LogP contribution in [0.4, 0.5) is 0 Å². The number of carbonyl (C=O) groups excluding carboxylic acids is 1. The third kappa shape index (κ3) is 20.1. The number of hydrogen-bond acceptors (Lipinski definition) is 9. The van der Waals surface area contributed by atoms with Crippen molar-refractivity contribution >= 4 is 5.97 Å². The average Bonchev–Trinajstić information content (AvgIpc) is 3.24. The Morgan fingerprint density at radius 3 is 1.41 bits per heavy atom. The standard InChI is InChI=1S/C35H66O9/c1-3-4-5-6-7-8-9-10-11-15-21-30(38)32(40)23-24-33(41)31(39)22-17-16-19-28(36)18-13-12-14-20-29(37)25-27-26-35(2,43)44-34(27)42/h26,28-33,36-41,43H,3-25H2,1-2H3/t28?,29?,30?,31?,32?,33?,35-/m0/s1. The molecule has 1 aliphatic rings. The lowest BCUT2D eigenvalue weighted by Gasteiger charge is -2.22. The monoisotopic (exact) mass is 630 g/mol. The smallest absolute Gasteiger partial charge is 0.336 e. The summed E-state index contributed by atoms with van der Waals surface area (Å²) in [4.78, 5) is 11.7. The maximum atomic E-state index is 11.7. The van der Waals surface area contributed by atoms with Crippen molar-refractivity contribution in [2.24, 2.45) is 0 Å². The molecule has 0 saturated carbocycles. The lowest BCUT2D eigenvalue weighted by atomic mass is 9.96. The summed E-state index contributed by atoms with van der Waals surface area (Å²) in [6.45, 7) is 3.61. The van der Waals surface area contributed by atoms with Crippen LogP contribution in [0, 0.1) is 0 Å². The zero-order valence-electron chi connectivity index (χ0n) is 27.8. The predicted octanol–water partition coefficient (Wildman–Crippen LogP) is 5.34. The topological polar surface area (TPSA) is 168 Å². The van der Waals surface area contributed by atoms with Gasteiger partial charge in [-0.3, -0.25) is 0 Å². The molecule has 9 nitrogen and oxygen atoms in total. The van der Waals surface area contributed by atoms with Crippen molar-refractivity contribution < 1.29 is 45.3 Å². The van der Waals surface area contributed by atoms with E-state index in [1.165, 1.54) is 57.9 Å². The first kappa shape index (κ1) is 41.0. The summed E-state index contributed by atoms with van der Waals surface area (Å²) in [6.07, 6.45) is 16.1. The average molecular weight is 631 g/mol. The molecule has 1 heterocycles. The summed E-state index contributed by atoms with van der Waals surface area (Å²) in [5.41, 5.74) is 0.293. The lowest BCUT2D eigenvalue weighted by molar-refractivity contribution is -0.173. The number of esters is 1. The molecule has 0 amide bonds. The Morgan fingerprint density at radius 2 is 0.932 bits per heavy atom. The van der Waals surface area contributed by atoms with Gasteiger partial charge in [-0.15, -0.1) is 0 Å². The first-order valence-electron chi connectivity index (χ1n) is 17.7. The molecular formula is C35H66O9. The maximum absolute atomic E-state index is 11.7. The SMILES string of the molecule is CCCCCCCCCCCCC(O)C(O)CCC(O)C(O)CCCCC(O)CCCCCC(O)CC1=C[C@@](C)(O)OC1=O. The number of aliphatic hydroxyl groups is 7. The first-order chi connectivity index (χ1) is 20.9. The summed E-state index contributed by atoms with van der Waals surface area (Å²) in [7, 11) is 0. The van der Waals surface area contributed by atoms with E-state index in [0.29, 0.717) is 44.1 Å². The molecule has 9 heteroatoms. The minimum absolute atomic E-state index is 0.153. The molecular weight excluding hydrogens is 564 g/mol. The Bertz CT molecular complexity index is 756. The van der Waals surface area contributed by atoms with E-state index in [4.69, 9.17) is 4.74 Å². The molecule has 7 atom stereocenters. The van der Waals surface area contributed by atoms with Gasteiger partial charge in [0.25, 0.3) is 0 Å². The molecule has 0 aliphatic carbocycles. The Balaban J connectivity index is 2.01. The Morgan fingerprint density at radius 1 is 0.568 bits per heavy atom. The van der Waals surface area contributed by atoms with E-state index >= 15 is 0 Å². The second-order valence-corrected chi connectivity index (χ2v) is 13.4. The largest absolute Gasteiger partial charge is 0.426 e. The van der Waals surface area contributed by atoms with Crippen molar-refractivity contribution in [1.82, 2.24) is 0 Å². The van der Waals surface area contributed by atoms with Gasteiger partial charge in [-0.25, -0.2) is 4.79 Å². The van der Waals surface area contributed by atoms with Crippen molar-refractivity contribution in [3.8, 4) is 0 Å². The fourth-order valence-corrected chi connectivity index (χ4v) is 5.93. The summed E-state index contributed by atoms with van der Waals surface area (Å²) in [5, 5.41) is 71.3. The van der Waals surface area contributed by atoms with Gasteiger partial charge in [-0.05, 0) is 51.0 Å². The number of cyclic esters (lactones) is 1. The van der Waals surface area contributed by atoms with E-state index in [-0.39, 0.29) is 19.3 Å².